The molecular weight excluding hydrogens is 584 g/mol. The molecule has 0 bridgehead atoms. The van der Waals surface area contributed by atoms with Crippen molar-refractivity contribution in [3.05, 3.63) is 88.0 Å². The lowest BCUT2D eigenvalue weighted by atomic mass is 9.75. The Morgan fingerprint density at radius 1 is 0.761 bits per heavy atom. The summed E-state index contributed by atoms with van der Waals surface area (Å²) < 4.78 is 39.7. The summed E-state index contributed by atoms with van der Waals surface area (Å²) in [5.41, 5.74) is 0.742. The zero-order valence-corrected chi connectivity index (χ0v) is 29.1. The largest absolute Gasteiger partial charge is 0.507 e. The van der Waals surface area contributed by atoms with Gasteiger partial charge in [-0.05, 0) is 84.2 Å². The monoisotopic (exact) mass is 637 g/mol. The molecule has 2 N–H and O–H groups in total. The summed E-state index contributed by atoms with van der Waals surface area (Å²) in [5.74, 6) is 0.893. The average Bonchev–Trinajstić information content (AvgIpc) is 2.99. The number of phenolic OH excluding ortho intramolecular Hbond substituents is 1. The van der Waals surface area contributed by atoms with Crippen LogP contribution in [0, 0.1) is 0 Å². The van der Waals surface area contributed by atoms with Gasteiger partial charge in [0.05, 0.1) is 19.3 Å². The molecule has 5 nitrogen and oxygen atoms in total. The Hall–Kier alpha value is -3.45. The molecule has 0 fully saturated rings. The molecule has 0 aliphatic carbocycles. The van der Waals surface area contributed by atoms with Crippen molar-refractivity contribution >= 4 is 6.21 Å². The molecule has 0 aliphatic rings. The fourth-order valence-corrected chi connectivity index (χ4v) is 5.20. The summed E-state index contributed by atoms with van der Waals surface area (Å²) in [7, 11) is 0. The van der Waals surface area contributed by atoms with E-state index in [9.17, 15) is 19.0 Å². The van der Waals surface area contributed by atoms with E-state index in [2.05, 4.69) is 55.4 Å². The molecule has 3 rings (SSSR count). The Labute approximate surface area is 274 Å². The van der Waals surface area contributed by atoms with Crippen molar-refractivity contribution in [2.45, 2.75) is 117 Å². The van der Waals surface area contributed by atoms with Gasteiger partial charge in [-0.2, -0.15) is 0 Å². The van der Waals surface area contributed by atoms with Gasteiger partial charge >= 0.3 is 0 Å². The number of benzene rings is 3. The fourth-order valence-electron chi connectivity index (χ4n) is 5.20. The third-order valence-electron chi connectivity index (χ3n) is 8.37. The summed E-state index contributed by atoms with van der Waals surface area (Å²) in [6.07, 6.45) is 2.24. The van der Waals surface area contributed by atoms with Crippen molar-refractivity contribution in [2.75, 3.05) is 13.2 Å². The molecule has 0 radical (unpaired) electrons. The number of nitrogens with zero attached hydrogens (tertiary/aromatic N) is 1. The Morgan fingerprint density at radius 2 is 1.24 bits per heavy atom. The van der Waals surface area contributed by atoms with Crippen LogP contribution in [0.15, 0.2) is 59.6 Å². The van der Waals surface area contributed by atoms with Gasteiger partial charge in [0.2, 0.25) is 0 Å². The number of unbranched alkanes of at least 4 members (excludes halogenated alkanes) is 2. The number of hydrogen-bond donors (Lipinski definition) is 2. The van der Waals surface area contributed by atoms with E-state index in [4.69, 9.17) is 14.5 Å². The second kappa shape index (κ2) is 15.4. The predicted molar refractivity (Wildman–Crippen MR) is 184 cm³/mol. The third kappa shape index (κ3) is 8.87. The number of rotatable bonds is 14. The van der Waals surface area contributed by atoms with Crippen LogP contribution in [0.3, 0.4) is 0 Å². The first-order valence-electron chi connectivity index (χ1n) is 16.5. The molecule has 1 atom stereocenters. The van der Waals surface area contributed by atoms with Gasteiger partial charge in [-0.15, -0.1) is 0 Å². The van der Waals surface area contributed by atoms with Crippen LogP contribution >= 0.6 is 0 Å². The Balaban J connectivity index is 2.38. The minimum atomic E-state index is -2.70. The van der Waals surface area contributed by atoms with Crippen LogP contribution in [0.5, 0.6) is 17.2 Å². The Morgan fingerprint density at radius 3 is 1.65 bits per heavy atom. The molecule has 46 heavy (non-hydrogen) atoms. The van der Waals surface area contributed by atoms with Crippen molar-refractivity contribution in [1.82, 2.24) is 0 Å². The molecule has 0 heterocycles. The molecular formula is C39H53F2NO4. The lowest BCUT2D eigenvalue weighted by molar-refractivity contribution is 0.0519. The zero-order chi connectivity index (χ0) is 34.3. The Kier molecular flexibility index (Phi) is 12.4. The van der Waals surface area contributed by atoms with Gasteiger partial charge in [-0.25, -0.2) is 8.78 Å². The van der Waals surface area contributed by atoms with E-state index in [1.54, 1.807) is 6.92 Å². The molecule has 0 aliphatic heterocycles. The lowest BCUT2D eigenvalue weighted by Crippen LogP contribution is -2.39. The topological polar surface area (TPSA) is 71.3 Å². The van der Waals surface area contributed by atoms with Gasteiger partial charge in [0, 0.05) is 28.5 Å². The molecule has 3 aromatic rings. The number of alkyl halides is 2. The highest BCUT2D eigenvalue weighted by atomic mass is 19.3. The first kappa shape index (κ1) is 37.0. The first-order valence-corrected chi connectivity index (χ1v) is 16.5. The first-order chi connectivity index (χ1) is 21.5. The standard InChI is InChI=1S/C39H53F2NO4/c1-10-12-20-45-34-18-15-29(37(4,5)6)23-31(34)39(44,26(3)42-25-28-22-27(36(40)41)14-17-33(28)43)32-24-30(38(7,8)9)16-19-35(32)46-21-13-11-2/h14-19,22-26,36,43-44H,10-13,20-21H2,1-9H3. The molecule has 0 aromatic heterocycles. The van der Waals surface area contributed by atoms with E-state index in [0.29, 0.717) is 35.8 Å². The predicted octanol–water partition coefficient (Wildman–Crippen LogP) is 10.0. The van der Waals surface area contributed by atoms with Gasteiger partial charge in [-0.3, -0.25) is 4.99 Å². The fraction of sp³-hybridized carbons (Fsp3) is 0.513. The average molecular weight is 638 g/mol. The minimum absolute atomic E-state index is 0.137. The van der Waals surface area contributed by atoms with Crippen LogP contribution in [0.25, 0.3) is 0 Å². The van der Waals surface area contributed by atoms with Gasteiger partial charge < -0.3 is 19.7 Å². The molecule has 7 heteroatoms. The van der Waals surface area contributed by atoms with E-state index in [-0.39, 0.29) is 27.7 Å². The molecule has 1 unspecified atom stereocenters. The van der Waals surface area contributed by atoms with Crippen LogP contribution in [0.4, 0.5) is 8.78 Å². The highest BCUT2D eigenvalue weighted by molar-refractivity contribution is 5.84. The highest BCUT2D eigenvalue weighted by Crippen LogP contribution is 2.46. The summed E-state index contributed by atoms with van der Waals surface area (Å²) in [4.78, 5) is 4.75. The summed E-state index contributed by atoms with van der Waals surface area (Å²) >= 11 is 0. The maximum atomic E-state index is 13.5. The van der Waals surface area contributed by atoms with Gasteiger partial charge in [-0.1, -0.05) is 80.4 Å². The normalized spacial score (nSPS) is 13.4. The highest BCUT2D eigenvalue weighted by Gasteiger charge is 2.43. The summed E-state index contributed by atoms with van der Waals surface area (Å²) in [6, 6.07) is 14.6. The smallest absolute Gasteiger partial charge is 0.263 e. The van der Waals surface area contributed by atoms with Crippen molar-refractivity contribution in [1.29, 1.82) is 0 Å². The molecule has 0 amide bonds. The number of ether oxygens (including phenoxy) is 2. The van der Waals surface area contributed by atoms with Gasteiger partial charge in [0.1, 0.15) is 22.8 Å². The molecule has 0 saturated heterocycles. The van der Waals surface area contributed by atoms with Crippen LogP contribution in [-0.4, -0.2) is 35.7 Å². The van der Waals surface area contributed by atoms with Gasteiger partial charge in [0.25, 0.3) is 6.43 Å². The van der Waals surface area contributed by atoms with Crippen molar-refractivity contribution in [2.24, 2.45) is 4.99 Å². The number of aliphatic imine (C=N–C) groups is 1. The summed E-state index contributed by atoms with van der Waals surface area (Å²) in [5, 5.41) is 23.8. The Bertz CT molecular complexity index is 1400. The van der Waals surface area contributed by atoms with Crippen LogP contribution in [-0.2, 0) is 16.4 Å². The second-order valence-corrected chi connectivity index (χ2v) is 14.2. The van der Waals surface area contributed by atoms with Crippen molar-refractivity contribution in [3.63, 3.8) is 0 Å². The van der Waals surface area contributed by atoms with Crippen LogP contribution in [0.1, 0.15) is 128 Å². The zero-order valence-electron chi connectivity index (χ0n) is 29.1. The van der Waals surface area contributed by atoms with Crippen molar-refractivity contribution in [3.8, 4) is 17.2 Å². The van der Waals surface area contributed by atoms with Crippen molar-refractivity contribution < 1.29 is 28.5 Å². The number of aromatic hydroxyl groups is 1. The lowest BCUT2D eigenvalue weighted by Gasteiger charge is -2.37. The van der Waals surface area contributed by atoms with Gasteiger partial charge in [0.15, 0.2) is 0 Å². The van der Waals surface area contributed by atoms with E-state index < -0.39 is 18.1 Å². The number of halogens is 2. The molecule has 0 saturated carbocycles. The molecule has 252 valence electrons. The van der Waals surface area contributed by atoms with E-state index >= 15 is 0 Å². The maximum absolute atomic E-state index is 13.5. The number of phenols is 1. The van der Waals surface area contributed by atoms with E-state index in [0.717, 1.165) is 36.8 Å². The maximum Gasteiger partial charge on any atom is 0.263 e. The minimum Gasteiger partial charge on any atom is -0.507 e. The summed E-state index contributed by atoms with van der Waals surface area (Å²) in [6.45, 7) is 19.6. The van der Waals surface area contributed by atoms with Crippen LogP contribution < -0.4 is 9.47 Å². The quantitative estimate of drug-likeness (QED) is 0.136. The molecule has 0 spiro atoms. The second-order valence-electron chi connectivity index (χ2n) is 14.2. The number of aliphatic hydroxyl groups is 1. The molecule has 3 aromatic carbocycles. The number of hydrogen-bond acceptors (Lipinski definition) is 5. The third-order valence-corrected chi connectivity index (χ3v) is 8.37. The van der Waals surface area contributed by atoms with Crippen LogP contribution in [0.2, 0.25) is 0 Å². The van der Waals surface area contributed by atoms with E-state index in [1.807, 2.05) is 36.4 Å². The SMILES string of the molecule is CCCCOc1ccc(C(C)(C)C)cc1C(O)(c1cc(C(C)(C)C)ccc1OCCCC)C(C)N=Cc1cc(C(F)F)ccc1O. The van der Waals surface area contributed by atoms with E-state index in [1.165, 1.54) is 24.4 Å².